The number of thiocarbonyl (C=S) groups is 1. The van der Waals surface area contributed by atoms with Crippen molar-refractivity contribution in [2.24, 2.45) is 0 Å². The Morgan fingerprint density at radius 2 is 2.10 bits per heavy atom. The van der Waals surface area contributed by atoms with Crippen LogP contribution in [-0.2, 0) is 9.59 Å². The molecule has 1 aromatic rings. The molecule has 5 nitrogen and oxygen atoms in total. The van der Waals surface area contributed by atoms with Crippen molar-refractivity contribution in [2.45, 2.75) is 11.7 Å². The summed E-state index contributed by atoms with van der Waals surface area (Å²) in [5.41, 5.74) is 0.669. The molecule has 2 rings (SSSR count). The second-order valence-corrected chi connectivity index (χ2v) is 6.09. The van der Waals surface area contributed by atoms with E-state index < -0.39 is 5.25 Å². The van der Waals surface area contributed by atoms with Crippen LogP contribution in [0.2, 0.25) is 0 Å². The summed E-state index contributed by atoms with van der Waals surface area (Å²) >= 11 is 6.28. The first-order valence-electron chi connectivity index (χ1n) is 5.93. The number of carbonyl (C=O) groups is 2. The maximum absolute atomic E-state index is 11.9. The standard InChI is InChI=1S/C13H14N2O3S2/c1-15-12(17)10(20-13(15)19)7-11(16)14-8-3-5-9(18-2)6-4-8/h3-6,10H,7H2,1-2H3,(H,14,16). The first kappa shape index (κ1) is 14.8. The quantitative estimate of drug-likeness (QED) is 0.861. The molecule has 7 heteroatoms. The maximum Gasteiger partial charge on any atom is 0.241 e. The van der Waals surface area contributed by atoms with Crippen LogP contribution in [-0.4, -0.2) is 40.4 Å². The molecule has 1 heterocycles. The Morgan fingerprint density at radius 3 is 2.60 bits per heavy atom. The number of hydrogen-bond acceptors (Lipinski definition) is 5. The maximum atomic E-state index is 11.9. The van der Waals surface area contributed by atoms with Crippen LogP contribution >= 0.6 is 24.0 Å². The minimum Gasteiger partial charge on any atom is -0.497 e. The number of benzene rings is 1. The normalized spacial score (nSPS) is 18.3. The molecule has 20 heavy (non-hydrogen) atoms. The summed E-state index contributed by atoms with van der Waals surface area (Å²) in [6.07, 6.45) is 0.111. The Hall–Kier alpha value is -1.60. The number of hydrogen-bond donors (Lipinski definition) is 1. The summed E-state index contributed by atoms with van der Waals surface area (Å²) in [5, 5.41) is 2.32. The third-order valence-corrected chi connectivity index (χ3v) is 4.56. The first-order valence-corrected chi connectivity index (χ1v) is 7.22. The van der Waals surface area contributed by atoms with Crippen molar-refractivity contribution in [1.29, 1.82) is 0 Å². The minimum absolute atomic E-state index is 0.111. The van der Waals surface area contributed by atoms with Gasteiger partial charge in [0, 0.05) is 19.2 Å². The number of thioether (sulfide) groups is 1. The zero-order valence-electron chi connectivity index (χ0n) is 11.1. The average molecular weight is 310 g/mol. The van der Waals surface area contributed by atoms with Crippen molar-refractivity contribution < 1.29 is 14.3 Å². The number of methoxy groups -OCH3 is 1. The van der Waals surface area contributed by atoms with E-state index in [0.717, 1.165) is 5.75 Å². The van der Waals surface area contributed by atoms with E-state index in [4.69, 9.17) is 17.0 Å². The van der Waals surface area contributed by atoms with Crippen molar-refractivity contribution in [2.75, 3.05) is 19.5 Å². The number of amides is 2. The number of ether oxygens (including phenoxy) is 1. The third-order valence-electron chi connectivity index (χ3n) is 2.87. The van der Waals surface area contributed by atoms with Crippen molar-refractivity contribution in [1.82, 2.24) is 4.90 Å². The number of carbonyl (C=O) groups excluding carboxylic acids is 2. The molecule has 0 aliphatic carbocycles. The Kier molecular flexibility index (Phi) is 4.61. The molecule has 1 saturated heterocycles. The predicted molar refractivity (Wildman–Crippen MR) is 83.0 cm³/mol. The van der Waals surface area contributed by atoms with E-state index in [-0.39, 0.29) is 18.2 Å². The Bertz CT molecular complexity index is 545. The summed E-state index contributed by atoms with van der Waals surface area (Å²) in [6, 6.07) is 7.01. The topological polar surface area (TPSA) is 58.6 Å². The highest BCUT2D eigenvalue weighted by atomic mass is 32.2. The fourth-order valence-corrected chi connectivity index (χ4v) is 3.16. The van der Waals surface area contributed by atoms with Gasteiger partial charge in [-0.2, -0.15) is 0 Å². The van der Waals surface area contributed by atoms with Gasteiger partial charge in [0.2, 0.25) is 11.8 Å². The van der Waals surface area contributed by atoms with Crippen LogP contribution < -0.4 is 10.1 Å². The van der Waals surface area contributed by atoms with Crippen LogP contribution in [0.5, 0.6) is 5.75 Å². The molecule has 1 aliphatic rings. The van der Waals surface area contributed by atoms with Crippen LogP contribution in [0.4, 0.5) is 5.69 Å². The Morgan fingerprint density at radius 1 is 1.45 bits per heavy atom. The van der Waals surface area contributed by atoms with E-state index in [0.29, 0.717) is 10.0 Å². The van der Waals surface area contributed by atoms with E-state index in [9.17, 15) is 9.59 Å². The van der Waals surface area contributed by atoms with Crippen molar-refractivity contribution in [3.05, 3.63) is 24.3 Å². The van der Waals surface area contributed by atoms with Crippen LogP contribution in [0, 0.1) is 0 Å². The van der Waals surface area contributed by atoms with Gasteiger partial charge in [0.05, 0.1) is 12.4 Å². The van der Waals surface area contributed by atoms with Crippen LogP contribution in [0.25, 0.3) is 0 Å². The van der Waals surface area contributed by atoms with Gasteiger partial charge in [-0.25, -0.2) is 0 Å². The van der Waals surface area contributed by atoms with Gasteiger partial charge in [-0.1, -0.05) is 24.0 Å². The van der Waals surface area contributed by atoms with Crippen molar-refractivity contribution in [3.63, 3.8) is 0 Å². The highest BCUT2D eigenvalue weighted by Gasteiger charge is 2.35. The van der Waals surface area contributed by atoms with E-state index >= 15 is 0 Å². The van der Waals surface area contributed by atoms with Gasteiger partial charge in [-0.3, -0.25) is 14.5 Å². The lowest BCUT2D eigenvalue weighted by Gasteiger charge is -2.09. The van der Waals surface area contributed by atoms with Gasteiger partial charge in [-0.15, -0.1) is 0 Å². The van der Waals surface area contributed by atoms with Gasteiger partial charge in [-0.05, 0) is 24.3 Å². The van der Waals surface area contributed by atoms with Gasteiger partial charge in [0.15, 0.2) is 0 Å². The summed E-state index contributed by atoms with van der Waals surface area (Å²) < 4.78 is 5.55. The number of nitrogens with one attached hydrogen (secondary N) is 1. The fraction of sp³-hybridized carbons (Fsp3) is 0.308. The molecule has 2 amide bonds. The number of anilines is 1. The van der Waals surface area contributed by atoms with E-state index in [2.05, 4.69) is 5.32 Å². The molecule has 1 aliphatic heterocycles. The highest BCUT2D eigenvalue weighted by Crippen LogP contribution is 2.28. The summed E-state index contributed by atoms with van der Waals surface area (Å²) in [6.45, 7) is 0. The summed E-state index contributed by atoms with van der Waals surface area (Å²) in [5.74, 6) is 0.389. The van der Waals surface area contributed by atoms with E-state index in [1.807, 2.05) is 0 Å². The molecule has 1 fully saturated rings. The lowest BCUT2D eigenvalue weighted by atomic mass is 10.2. The molecule has 1 N–H and O–H groups in total. The fourth-order valence-electron chi connectivity index (χ4n) is 1.74. The lowest BCUT2D eigenvalue weighted by molar-refractivity contribution is -0.127. The van der Waals surface area contributed by atoms with E-state index in [1.165, 1.54) is 16.7 Å². The SMILES string of the molecule is COc1ccc(NC(=O)CC2SC(=S)N(C)C2=O)cc1. The lowest BCUT2D eigenvalue weighted by Crippen LogP contribution is -2.29. The molecule has 106 valence electrons. The average Bonchev–Trinajstić information content (AvgIpc) is 2.67. The molecule has 0 spiro atoms. The minimum atomic E-state index is -0.425. The number of rotatable bonds is 4. The van der Waals surface area contributed by atoms with Crippen molar-refractivity contribution in [3.8, 4) is 5.75 Å². The van der Waals surface area contributed by atoms with Crippen LogP contribution in [0.1, 0.15) is 6.42 Å². The smallest absolute Gasteiger partial charge is 0.241 e. The molecule has 0 bridgehead atoms. The monoisotopic (exact) mass is 310 g/mol. The summed E-state index contributed by atoms with van der Waals surface area (Å²) in [7, 11) is 3.20. The van der Waals surface area contributed by atoms with Gasteiger partial charge in [0.25, 0.3) is 0 Å². The second kappa shape index (κ2) is 6.23. The van der Waals surface area contributed by atoms with Gasteiger partial charge < -0.3 is 10.1 Å². The van der Waals surface area contributed by atoms with E-state index in [1.54, 1.807) is 38.4 Å². The van der Waals surface area contributed by atoms with Gasteiger partial charge >= 0.3 is 0 Å². The molecule has 0 saturated carbocycles. The van der Waals surface area contributed by atoms with Crippen molar-refractivity contribution >= 4 is 45.8 Å². The molecule has 0 aromatic heterocycles. The van der Waals surface area contributed by atoms with Gasteiger partial charge in [0.1, 0.15) is 10.1 Å². The second-order valence-electron chi connectivity index (χ2n) is 4.25. The van der Waals surface area contributed by atoms with Crippen LogP contribution in [0.15, 0.2) is 24.3 Å². The molecular weight excluding hydrogens is 296 g/mol. The Labute approximate surface area is 126 Å². The first-order chi connectivity index (χ1) is 9.51. The zero-order valence-corrected chi connectivity index (χ0v) is 12.7. The Balaban J connectivity index is 1.92. The molecule has 1 unspecified atom stereocenters. The molecular formula is C13H14N2O3S2. The summed E-state index contributed by atoms with van der Waals surface area (Å²) in [4.78, 5) is 25.1. The highest BCUT2D eigenvalue weighted by molar-refractivity contribution is 8.24. The molecule has 0 radical (unpaired) electrons. The molecule has 1 aromatic carbocycles. The largest absolute Gasteiger partial charge is 0.497 e. The zero-order chi connectivity index (χ0) is 14.7. The predicted octanol–water partition coefficient (Wildman–Crippen LogP) is 1.88. The van der Waals surface area contributed by atoms with Crippen LogP contribution in [0.3, 0.4) is 0 Å². The molecule has 1 atom stereocenters. The number of nitrogens with zero attached hydrogens (tertiary/aromatic N) is 1. The third kappa shape index (κ3) is 3.29.